The molecule has 150 valence electrons. The number of likely N-dealkylation sites (tertiary alicyclic amines) is 1. The Hall–Kier alpha value is -1.92. The van der Waals surface area contributed by atoms with E-state index in [0.717, 1.165) is 22.9 Å². The average Bonchev–Trinajstić information content (AvgIpc) is 3.13. The molecule has 5 nitrogen and oxygen atoms in total. The molecule has 3 aromatic rings. The maximum Gasteiger partial charge on any atom is 0.230 e. The van der Waals surface area contributed by atoms with Gasteiger partial charge in [0.1, 0.15) is 5.82 Å². The summed E-state index contributed by atoms with van der Waals surface area (Å²) < 4.78 is 1.58. The Labute approximate surface area is 171 Å². The Kier molecular flexibility index (Phi) is 5.19. The van der Waals surface area contributed by atoms with Crippen molar-refractivity contribution in [1.82, 2.24) is 19.5 Å². The van der Waals surface area contributed by atoms with E-state index in [1.165, 1.54) is 17.5 Å². The number of fused-ring (bicyclic) bond motifs is 1. The average molecular weight is 399 g/mol. The van der Waals surface area contributed by atoms with E-state index < -0.39 is 0 Å². The number of rotatable bonds is 4. The molecule has 3 atom stereocenters. The summed E-state index contributed by atoms with van der Waals surface area (Å²) in [5, 5.41) is 15.4. The van der Waals surface area contributed by atoms with E-state index in [1.54, 1.807) is 15.9 Å². The fourth-order valence-electron chi connectivity index (χ4n) is 4.54. The van der Waals surface area contributed by atoms with Crippen molar-refractivity contribution in [2.45, 2.75) is 53.0 Å². The number of hydrogen-bond acceptors (Lipinski definition) is 5. The molecule has 1 saturated heterocycles. The van der Waals surface area contributed by atoms with Gasteiger partial charge in [0, 0.05) is 13.1 Å². The Morgan fingerprint density at radius 1 is 1.07 bits per heavy atom. The number of hydrogen-bond donors (Lipinski definition) is 1. The van der Waals surface area contributed by atoms with E-state index in [0.29, 0.717) is 23.6 Å². The number of thiazole rings is 1. The van der Waals surface area contributed by atoms with Gasteiger partial charge in [0.2, 0.25) is 10.8 Å². The van der Waals surface area contributed by atoms with Crippen LogP contribution in [0.2, 0.25) is 0 Å². The van der Waals surface area contributed by atoms with E-state index in [4.69, 9.17) is 0 Å². The lowest BCUT2D eigenvalue weighted by Crippen LogP contribution is -2.41. The molecule has 1 fully saturated rings. The zero-order valence-corrected chi connectivity index (χ0v) is 18.2. The van der Waals surface area contributed by atoms with Crippen molar-refractivity contribution in [1.29, 1.82) is 0 Å². The maximum atomic E-state index is 11.0. The topological polar surface area (TPSA) is 53.7 Å². The number of nitrogens with zero attached hydrogens (tertiary/aromatic N) is 4. The van der Waals surface area contributed by atoms with Crippen molar-refractivity contribution in [3.05, 3.63) is 46.1 Å². The number of aromatic hydroxyl groups is 1. The molecule has 0 aliphatic carbocycles. The summed E-state index contributed by atoms with van der Waals surface area (Å²) in [5.41, 5.74) is 2.56. The highest BCUT2D eigenvalue weighted by Gasteiger charge is 2.33. The molecule has 6 heteroatoms. The molecular weight excluding hydrogens is 368 g/mol. The van der Waals surface area contributed by atoms with Crippen molar-refractivity contribution >= 4 is 16.3 Å². The van der Waals surface area contributed by atoms with Gasteiger partial charge in [-0.3, -0.25) is 4.90 Å². The molecule has 4 rings (SSSR count). The van der Waals surface area contributed by atoms with Gasteiger partial charge in [-0.05, 0) is 42.2 Å². The SMILES string of the molecule is Cc1nc2sc([C@H](c3ccc(C(C)C)cc3)N3C[C@@H](C)C[C@H](C)C3)c(O)n2n1. The lowest BCUT2D eigenvalue weighted by atomic mass is 9.89. The lowest BCUT2D eigenvalue weighted by molar-refractivity contribution is 0.112. The second-order valence-electron chi connectivity index (χ2n) is 8.77. The fraction of sp³-hybridized carbons (Fsp3) is 0.545. The quantitative estimate of drug-likeness (QED) is 0.672. The monoisotopic (exact) mass is 398 g/mol. The number of benzene rings is 1. The second-order valence-corrected chi connectivity index (χ2v) is 9.78. The van der Waals surface area contributed by atoms with E-state index >= 15 is 0 Å². The van der Waals surface area contributed by atoms with E-state index in [2.05, 4.69) is 66.9 Å². The Bertz CT molecular complexity index is 949. The third kappa shape index (κ3) is 3.55. The maximum absolute atomic E-state index is 11.0. The molecule has 1 N–H and O–H groups in total. The summed E-state index contributed by atoms with van der Waals surface area (Å²) in [6, 6.07) is 8.93. The zero-order valence-electron chi connectivity index (χ0n) is 17.4. The first kappa shape index (κ1) is 19.4. The minimum Gasteiger partial charge on any atom is -0.492 e. The van der Waals surface area contributed by atoms with Crippen LogP contribution in [0, 0.1) is 18.8 Å². The molecule has 0 unspecified atom stereocenters. The summed E-state index contributed by atoms with van der Waals surface area (Å²) in [6.07, 6.45) is 1.26. The molecule has 0 amide bonds. The van der Waals surface area contributed by atoms with Gasteiger partial charge in [-0.2, -0.15) is 4.52 Å². The van der Waals surface area contributed by atoms with Crippen molar-refractivity contribution < 1.29 is 5.11 Å². The first-order valence-electron chi connectivity index (χ1n) is 10.2. The molecule has 28 heavy (non-hydrogen) atoms. The molecule has 1 aromatic carbocycles. The number of piperidine rings is 1. The van der Waals surface area contributed by atoms with Crippen LogP contribution in [0.1, 0.15) is 67.9 Å². The summed E-state index contributed by atoms with van der Waals surface area (Å²) in [7, 11) is 0. The Morgan fingerprint density at radius 3 is 2.25 bits per heavy atom. The van der Waals surface area contributed by atoms with Gasteiger partial charge in [-0.25, -0.2) is 4.98 Å². The summed E-state index contributed by atoms with van der Waals surface area (Å²) >= 11 is 1.55. The number of aromatic nitrogens is 3. The van der Waals surface area contributed by atoms with Crippen LogP contribution in [-0.4, -0.2) is 37.7 Å². The smallest absolute Gasteiger partial charge is 0.230 e. The first-order valence-corrected chi connectivity index (χ1v) is 11.0. The van der Waals surface area contributed by atoms with Crippen molar-refractivity contribution in [2.75, 3.05) is 13.1 Å². The molecule has 0 radical (unpaired) electrons. The van der Waals surface area contributed by atoms with E-state index in [9.17, 15) is 5.11 Å². The van der Waals surface area contributed by atoms with Crippen LogP contribution < -0.4 is 0 Å². The van der Waals surface area contributed by atoms with Crippen LogP contribution in [0.15, 0.2) is 24.3 Å². The van der Waals surface area contributed by atoms with Gasteiger partial charge >= 0.3 is 0 Å². The van der Waals surface area contributed by atoms with E-state index in [-0.39, 0.29) is 11.9 Å². The Morgan fingerprint density at radius 2 is 1.68 bits per heavy atom. The minimum atomic E-state index is 0.0280. The van der Waals surface area contributed by atoms with Crippen molar-refractivity contribution in [3.8, 4) is 5.88 Å². The summed E-state index contributed by atoms with van der Waals surface area (Å²) in [6.45, 7) is 13.0. The number of aryl methyl sites for hydroxylation is 1. The predicted octanol–water partition coefficient (Wildman–Crippen LogP) is 5.00. The van der Waals surface area contributed by atoms with Crippen LogP contribution in [0.4, 0.5) is 0 Å². The summed E-state index contributed by atoms with van der Waals surface area (Å²) in [5.74, 6) is 2.71. The third-order valence-electron chi connectivity index (χ3n) is 5.74. The highest BCUT2D eigenvalue weighted by Crippen LogP contribution is 2.42. The van der Waals surface area contributed by atoms with Gasteiger partial charge in [-0.1, -0.05) is 63.3 Å². The van der Waals surface area contributed by atoms with Crippen LogP contribution in [0.5, 0.6) is 5.88 Å². The molecule has 3 heterocycles. The molecule has 0 bridgehead atoms. The minimum absolute atomic E-state index is 0.0280. The van der Waals surface area contributed by atoms with Gasteiger partial charge in [0.25, 0.3) is 0 Å². The van der Waals surface area contributed by atoms with Crippen molar-refractivity contribution in [2.24, 2.45) is 11.8 Å². The zero-order chi connectivity index (χ0) is 20.0. The third-order valence-corrected chi connectivity index (χ3v) is 6.81. The lowest BCUT2D eigenvalue weighted by Gasteiger charge is -2.40. The largest absolute Gasteiger partial charge is 0.492 e. The molecule has 2 aromatic heterocycles. The molecule has 0 spiro atoms. The predicted molar refractivity (Wildman–Crippen MR) is 114 cm³/mol. The van der Waals surface area contributed by atoms with Crippen molar-refractivity contribution in [3.63, 3.8) is 0 Å². The fourth-order valence-corrected chi connectivity index (χ4v) is 5.70. The molecule has 0 saturated carbocycles. The Balaban J connectivity index is 1.80. The van der Waals surface area contributed by atoms with Gasteiger partial charge in [0.15, 0.2) is 0 Å². The van der Waals surface area contributed by atoms with Crippen LogP contribution in [0.3, 0.4) is 0 Å². The van der Waals surface area contributed by atoms with Crippen LogP contribution in [-0.2, 0) is 0 Å². The highest BCUT2D eigenvalue weighted by atomic mass is 32.1. The standard InChI is InChI=1S/C22H30N4OS/c1-13(2)17-6-8-18(9-7-17)19(25-11-14(3)10-15(4)12-25)20-21(27)26-22(28-20)23-16(5)24-26/h6-9,13-15,19,27H,10-12H2,1-5H3/t14-,15-,19-/m0/s1. The summed E-state index contributed by atoms with van der Waals surface area (Å²) in [4.78, 5) is 8.70. The highest BCUT2D eigenvalue weighted by molar-refractivity contribution is 7.17. The van der Waals surface area contributed by atoms with Gasteiger partial charge < -0.3 is 5.11 Å². The second kappa shape index (κ2) is 7.48. The van der Waals surface area contributed by atoms with Gasteiger partial charge in [0.05, 0.1) is 10.9 Å². The molecular formula is C22H30N4OS. The van der Waals surface area contributed by atoms with Crippen LogP contribution >= 0.6 is 11.3 Å². The first-order chi connectivity index (χ1) is 13.3. The normalized spacial score (nSPS) is 22.2. The van der Waals surface area contributed by atoms with Crippen LogP contribution in [0.25, 0.3) is 4.96 Å². The molecule has 1 aliphatic rings. The molecule has 1 aliphatic heterocycles. The van der Waals surface area contributed by atoms with Gasteiger partial charge in [-0.15, -0.1) is 5.10 Å². The van der Waals surface area contributed by atoms with E-state index in [1.807, 2.05) is 6.92 Å².